The summed E-state index contributed by atoms with van der Waals surface area (Å²) in [5, 5.41) is 0. The fourth-order valence-corrected chi connectivity index (χ4v) is 3.35. The predicted molar refractivity (Wildman–Crippen MR) is 115 cm³/mol. The van der Waals surface area contributed by atoms with E-state index in [1.807, 2.05) is 30.3 Å². The van der Waals surface area contributed by atoms with Crippen LogP contribution in [0.5, 0.6) is 0 Å². The van der Waals surface area contributed by atoms with Gasteiger partial charge in [-0.05, 0) is 18.4 Å². The lowest BCUT2D eigenvalue weighted by Gasteiger charge is -2.11. The first-order chi connectivity index (χ1) is 13.2. The van der Waals surface area contributed by atoms with E-state index in [0.29, 0.717) is 13.0 Å². The van der Waals surface area contributed by atoms with Crippen LogP contribution in [0.3, 0.4) is 0 Å². The lowest BCUT2D eigenvalue weighted by atomic mass is 10.0. The molecule has 0 amide bonds. The van der Waals surface area contributed by atoms with Crippen LogP contribution in [-0.2, 0) is 16.0 Å². The van der Waals surface area contributed by atoms with Crippen molar-refractivity contribution in [1.82, 2.24) is 0 Å². The minimum Gasteiger partial charge on any atom is -0.465 e. The first-order valence-electron chi connectivity index (χ1n) is 11.2. The molecule has 0 radical (unpaired) electrons. The van der Waals surface area contributed by atoms with Crippen LogP contribution >= 0.6 is 0 Å². The molecule has 3 heteroatoms. The van der Waals surface area contributed by atoms with Crippen LogP contribution in [0.1, 0.15) is 96.0 Å². The Kier molecular flexibility index (Phi) is 14.7. The molecule has 0 aliphatic rings. The van der Waals surface area contributed by atoms with Crippen molar-refractivity contribution < 1.29 is 9.53 Å². The van der Waals surface area contributed by atoms with Gasteiger partial charge in [0.1, 0.15) is 6.04 Å². The van der Waals surface area contributed by atoms with Gasteiger partial charge in [0.15, 0.2) is 0 Å². The maximum atomic E-state index is 11.9. The van der Waals surface area contributed by atoms with E-state index < -0.39 is 6.04 Å². The van der Waals surface area contributed by atoms with E-state index in [-0.39, 0.29) is 5.97 Å². The number of carbonyl (C=O) groups is 1. The summed E-state index contributed by atoms with van der Waals surface area (Å²) in [4.78, 5) is 11.9. The van der Waals surface area contributed by atoms with E-state index in [2.05, 4.69) is 6.92 Å². The summed E-state index contributed by atoms with van der Waals surface area (Å²) in [5.74, 6) is -0.280. The third kappa shape index (κ3) is 13.5. The molecule has 0 spiro atoms. The van der Waals surface area contributed by atoms with Crippen molar-refractivity contribution >= 4 is 5.97 Å². The lowest BCUT2D eigenvalue weighted by Crippen LogP contribution is -2.34. The van der Waals surface area contributed by atoms with E-state index in [9.17, 15) is 4.79 Å². The molecule has 1 rings (SSSR count). The maximum absolute atomic E-state index is 11.9. The van der Waals surface area contributed by atoms with Gasteiger partial charge in [0, 0.05) is 0 Å². The Morgan fingerprint density at radius 1 is 0.815 bits per heavy atom. The maximum Gasteiger partial charge on any atom is 0.323 e. The fraction of sp³-hybridized carbons (Fsp3) is 0.708. The summed E-state index contributed by atoms with van der Waals surface area (Å²) in [6.07, 6.45) is 17.7. The van der Waals surface area contributed by atoms with Crippen molar-refractivity contribution in [2.24, 2.45) is 5.73 Å². The summed E-state index contributed by atoms with van der Waals surface area (Å²) >= 11 is 0. The summed E-state index contributed by atoms with van der Waals surface area (Å²) in [7, 11) is 0. The lowest BCUT2D eigenvalue weighted by molar-refractivity contribution is -0.145. The zero-order valence-corrected chi connectivity index (χ0v) is 17.5. The van der Waals surface area contributed by atoms with E-state index in [4.69, 9.17) is 10.5 Å². The highest BCUT2D eigenvalue weighted by Gasteiger charge is 2.15. The molecule has 1 aromatic rings. The van der Waals surface area contributed by atoms with Crippen molar-refractivity contribution in [3.8, 4) is 0 Å². The molecule has 1 atom stereocenters. The molecule has 0 aromatic heterocycles. The second-order valence-electron chi connectivity index (χ2n) is 7.71. The van der Waals surface area contributed by atoms with Gasteiger partial charge in [-0.2, -0.15) is 0 Å². The second kappa shape index (κ2) is 16.8. The average Bonchev–Trinajstić information content (AvgIpc) is 2.68. The summed E-state index contributed by atoms with van der Waals surface area (Å²) in [6, 6.07) is 9.29. The molecule has 3 nitrogen and oxygen atoms in total. The van der Waals surface area contributed by atoms with E-state index in [0.717, 1.165) is 18.4 Å². The highest BCUT2D eigenvalue weighted by molar-refractivity contribution is 5.75. The monoisotopic (exact) mass is 375 g/mol. The van der Waals surface area contributed by atoms with Crippen LogP contribution in [-0.4, -0.2) is 18.6 Å². The molecule has 0 fully saturated rings. The van der Waals surface area contributed by atoms with Gasteiger partial charge < -0.3 is 10.5 Å². The number of hydrogen-bond donors (Lipinski definition) is 1. The largest absolute Gasteiger partial charge is 0.465 e. The Morgan fingerprint density at radius 3 is 1.81 bits per heavy atom. The molecule has 0 saturated heterocycles. The standard InChI is InChI=1S/C24H41NO2/c1-2-3-4-5-6-7-8-9-10-11-12-13-17-20-27-24(26)23(25)21-22-18-15-14-16-19-22/h14-16,18-19,23H,2-13,17,20-21,25H2,1H3. The van der Waals surface area contributed by atoms with Crippen molar-refractivity contribution in [3.63, 3.8) is 0 Å². The minimum absolute atomic E-state index is 0.280. The van der Waals surface area contributed by atoms with Gasteiger partial charge in [-0.25, -0.2) is 0 Å². The summed E-state index contributed by atoms with van der Waals surface area (Å²) in [6.45, 7) is 2.77. The quantitative estimate of drug-likeness (QED) is 0.261. The van der Waals surface area contributed by atoms with Gasteiger partial charge in [-0.3, -0.25) is 4.79 Å². The first-order valence-corrected chi connectivity index (χ1v) is 11.2. The zero-order chi connectivity index (χ0) is 19.6. The first kappa shape index (κ1) is 23.7. The SMILES string of the molecule is CCCCCCCCCCCCCCCOC(=O)C(N)Cc1ccccc1. The third-order valence-corrected chi connectivity index (χ3v) is 5.09. The summed E-state index contributed by atoms with van der Waals surface area (Å²) in [5.41, 5.74) is 7.00. The normalized spacial score (nSPS) is 12.1. The van der Waals surface area contributed by atoms with Crippen molar-refractivity contribution in [1.29, 1.82) is 0 Å². The van der Waals surface area contributed by atoms with Crippen LogP contribution in [0.2, 0.25) is 0 Å². The molecule has 27 heavy (non-hydrogen) atoms. The van der Waals surface area contributed by atoms with Gasteiger partial charge in [0.2, 0.25) is 0 Å². The number of hydrogen-bond acceptors (Lipinski definition) is 3. The Morgan fingerprint density at radius 2 is 1.30 bits per heavy atom. The molecule has 1 aromatic carbocycles. The highest BCUT2D eigenvalue weighted by atomic mass is 16.5. The molecule has 1 unspecified atom stereocenters. The Hall–Kier alpha value is -1.35. The number of ether oxygens (including phenoxy) is 1. The highest BCUT2D eigenvalue weighted by Crippen LogP contribution is 2.12. The average molecular weight is 376 g/mol. The molecule has 154 valence electrons. The van der Waals surface area contributed by atoms with Crippen LogP contribution in [0.15, 0.2) is 30.3 Å². The molecule has 2 N–H and O–H groups in total. The zero-order valence-electron chi connectivity index (χ0n) is 17.5. The number of unbranched alkanes of at least 4 members (excludes halogenated alkanes) is 12. The van der Waals surface area contributed by atoms with Gasteiger partial charge in [0.25, 0.3) is 0 Å². The molecule has 0 aliphatic heterocycles. The van der Waals surface area contributed by atoms with Gasteiger partial charge in [-0.1, -0.05) is 114 Å². The van der Waals surface area contributed by atoms with Crippen LogP contribution in [0.25, 0.3) is 0 Å². The van der Waals surface area contributed by atoms with Gasteiger partial charge in [0.05, 0.1) is 6.61 Å². The van der Waals surface area contributed by atoms with E-state index >= 15 is 0 Å². The van der Waals surface area contributed by atoms with Crippen LogP contribution in [0, 0.1) is 0 Å². The van der Waals surface area contributed by atoms with Crippen molar-refractivity contribution in [3.05, 3.63) is 35.9 Å². The molecular weight excluding hydrogens is 334 g/mol. The van der Waals surface area contributed by atoms with Crippen molar-refractivity contribution in [2.75, 3.05) is 6.61 Å². The third-order valence-electron chi connectivity index (χ3n) is 5.09. The summed E-state index contributed by atoms with van der Waals surface area (Å²) < 4.78 is 5.31. The van der Waals surface area contributed by atoms with Crippen molar-refractivity contribution in [2.45, 2.75) is 103 Å². The molecule has 0 saturated carbocycles. The Bertz CT molecular complexity index is 461. The Labute approximate surface area is 167 Å². The molecular formula is C24H41NO2. The molecule has 0 bridgehead atoms. The van der Waals surface area contributed by atoms with E-state index in [1.54, 1.807) is 0 Å². The molecule has 0 heterocycles. The number of esters is 1. The van der Waals surface area contributed by atoms with Crippen LogP contribution < -0.4 is 5.73 Å². The smallest absolute Gasteiger partial charge is 0.323 e. The number of nitrogens with two attached hydrogens (primary N) is 1. The topological polar surface area (TPSA) is 52.3 Å². The Balaban J connectivity index is 1.86. The fourth-order valence-electron chi connectivity index (χ4n) is 3.35. The van der Waals surface area contributed by atoms with Gasteiger partial charge in [-0.15, -0.1) is 0 Å². The second-order valence-corrected chi connectivity index (χ2v) is 7.71. The number of carbonyl (C=O) groups excluding carboxylic acids is 1. The van der Waals surface area contributed by atoms with E-state index in [1.165, 1.54) is 70.6 Å². The minimum atomic E-state index is -0.561. The number of benzene rings is 1. The predicted octanol–water partition coefficient (Wildman–Crippen LogP) is 6.19. The number of rotatable bonds is 17. The van der Waals surface area contributed by atoms with Crippen LogP contribution in [0.4, 0.5) is 0 Å². The van der Waals surface area contributed by atoms with Gasteiger partial charge >= 0.3 is 5.97 Å². The molecule has 0 aliphatic carbocycles.